The second-order valence-electron chi connectivity index (χ2n) is 9.53. The number of esters is 1. The Morgan fingerprint density at radius 1 is 1.21 bits per heavy atom. The zero-order valence-corrected chi connectivity index (χ0v) is 19.5. The van der Waals surface area contributed by atoms with Gasteiger partial charge in [0.25, 0.3) is 0 Å². The Bertz CT molecular complexity index is 646. The van der Waals surface area contributed by atoms with Crippen LogP contribution in [0.15, 0.2) is 42.5 Å². The average Bonchev–Trinajstić information content (AvgIpc) is 2.60. The van der Waals surface area contributed by atoms with Crippen molar-refractivity contribution in [3.05, 3.63) is 48.0 Å². The van der Waals surface area contributed by atoms with Gasteiger partial charge in [-0.05, 0) is 61.4 Å². The molecule has 156 valence electrons. The van der Waals surface area contributed by atoms with E-state index in [2.05, 4.69) is 52.9 Å². The zero-order chi connectivity index (χ0) is 20.8. The molecule has 28 heavy (non-hydrogen) atoms. The summed E-state index contributed by atoms with van der Waals surface area (Å²) in [7, 11) is -1.86. The normalized spacial score (nSPS) is 21.4. The lowest BCUT2D eigenvalue weighted by atomic mass is 9.71. The van der Waals surface area contributed by atoms with E-state index in [1.54, 1.807) is 12.1 Å². The summed E-state index contributed by atoms with van der Waals surface area (Å²) >= 11 is 0. The SMILES string of the molecule is CCC/C=C/[C@H](O[Si](C)(C)C(C)(C)C)[C@@H]1CC[C@H]1COC(=O)c1ccccc1. The fraction of sp³-hybridized carbons (Fsp3) is 0.625. The smallest absolute Gasteiger partial charge is 0.338 e. The highest BCUT2D eigenvalue weighted by Gasteiger charge is 2.44. The molecule has 0 amide bonds. The van der Waals surface area contributed by atoms with Gasteiger partial charge in [0.05, 0.1) is 18.3 Å². The van der Waals surface area contributed by atoms with Crippen molar-refractivity contribution in [2.45, 2.75) is 77.6 Å². The molecular formula is C24H38O3Si. The van der Waals surface area contributed by atoms with Gasteiger partial charge in [-0.2, -0.15) is 0 Å². The van der Waals surface area contributed by atoms with Crippen LogP contribution in [-0.2, 0) is 9.16 Å². The van der Waals surface area contributed by atoms with E-state index in [1.165, 1.54) is 0 Å². The predicted octanol–water partition coefficient (Wildman–Crippen LogP) is 6.62. The third-order valence-corrected chi connectivity index (χ3v) is 10.8. The van der Waals surface area contributed by atoms with Gasteiger partial charge in [-0.1, -0.05) is 64.5 Å². The minimum atomic E-state index is -1.86. The molecule has 0 heterocycles. The topological polar surface area (TPSA) is 35.5 Å². The van der Waals surface area contributed by atoms with Crippen LogP contribution in [0.5, 0.6) is 0 Å². The number of rotatable bonds is 9. The molecule has 0 aromatic heterocycles. The Kier molecular flexibility index (Phi) is 8.08. The first-order valence-electron chi connectivity index (χ1n) is 10.7. The maximum absolute atomic E-state index is 12.3. The number of ether oxygens (including phenoxy) is 1. The fourth-order valence-corrected chi connectivity index (χ4v) is 4.55. The largest absolute Gasteiger partial charge is 0.462 e. The molecule has 0 aliphatic heterocycles. The molecule has 4 heteroatoms. The minimum Gasteiger partial charge on any atom is -0.462 e. The summed E-state index contributed by atoms with van der Waals surface area (Å²) in [5.41, 5.74) is 0.621. The standard InChI is InChI=1S/C24H38O3Si/c1-7-8-10-15-22(27-28(5,6)24(2,3)4)21-17-16-20(21)18-26-23(25)19-13-11-9-12-14-19/h9-15,20-22H,7-8,16-18H2,1-6H3/b15-10+/t20-,21+,22-/m0/s1. The zero-order valence-electron chi connectivity index (χ0n) is 18.5. The van der Waals surface area contributed by atoms with Crippen molar-refractivity contribution in [3.63, 3.8) is 0 Å². The molecule has 0 bridgehead atoms. The van der Waals surface area contributed by atoms with Crippen molar-refractivity contribution in [2.75, 3.05) is 6.61 Å². The highest BCUT2D eigenvalue weighted by molar-refractivity contribution is 6.74. The van der Waals surface area contributed by atoms with Crippen LogP contribution in [-0.4, -0.2) is 27.0 Å². The third kappa shape index (κ3) is 6.05. The van der Waals surface area contributed by atoms with Crippen molar-refractivity contribution >= 4 is 14.3 Å². The quantitative estimate of drug-likeness (QED) is 0.265. The molecule has 1 aromatic carbocycles. The monoisotopic (exact) mass is 402 g/mol. The molecule has 0 radical (unpaired) electrons. The fourth-order valence-electron chi connectivity index (χ4n) is 3.26. The van der Waals surface area contributed by atoms with Crippen molar-refractivity contribution in [3.8, 4) is 0 Å². The molecule has 0 saturated heterocycles. The first-order valence-corrected chi connectivity index (χ1v) is 13.6. The third-order valence-electron chi connectivity index (χ3n) is 6.35. The van der Waals surface area contributed by atoms with E-state index in [0.717, 1.165) is 25.7 Å². The Hall–Kier alpha value is -1.39. The number of carbonyl (C=O) groups is 1. The molecule has 2 rings (SSSR count). The van der Waals surface area contributed by atoms with Crippen LogP contribution < -0.4 is 0 Å². The van der Waals surface area contributed by atoms with Gasteiger partial charge in [-0.25, -0.2) is 4.79 Å². The van der Waals surface area contributed by atoms with Crippen LogP contribution in [0.2, 0.25) is 18.1 Å². The van der Waals surface area contributed by atoms with Gasteiger partial charge in [0.1, 0.15) is 0 Å². The summed E-state index contributed by atoms with van der Waals surface area (Å²) in [6.07, 6.45) is 9.14. The maximum atomic E-state index is 12.3. The summed E-state index contributed by atoms with van der Waals surface area (Å²) in [6.45, 7) is 14.2. The second kappa shape index (κ2) is 9.88. The molecule has 0 N–H and O–H groups in total. The number of carbonyl (C=O) groups excluding carboxylic acids is 1. The van der Waals surface area contributed by atoms with Gasteiger partial charge in [0.2, 0.25) is 0 Å². The van der Waals surface area contributed by atoms with E-state index >= 15 is 0 Å². The first-order chi connectivity index (χ1) is 13.2. The number of hydrogen-bond acceptors (Lipinski definition) is 3. The van der Waals surface area contributed by atoms with Crippen LogP contribution in [0.1, 0.15) is 63.7 Å². The van der Waals surface area contributed by atoms with Gasteiger partial charge in [-0.15, -0.1) is 0 Å². The van der Waals surface area contributed by atoms with Crippen LogP contribution in [0.3, 0.4) is 0 Å². The number of unbranched alkanes of at least 4 members (excludes halogenated alkanes) is 1. The lowest BCUT2D eigenvalue weighted by molar-refractivity contribution is -0.00435. The van der Waals surface area contributed by atoms with Crippen molar-refractivity contribution in [2.24, 2.45) is 11.8 Å². The number of benzene rings is 1. The lowest BCUT2D eigenvalue weighted by Gasteiger charge is -2.46. The van der Waals surface area contributed by atoms with Gasteiger partial charge in [-0.3, -0.25) is 0 Å². The van der Waals surface area contributed by atoms with Gasteiger partial charge in [0, 0.05) is 0 Å². The van der Waals surface area contributed by atoms with Gasteiger partial charge >= 0.3 is 5.97 Å². The van der Waals surface area contributed by atoms with E-state index in [1.807, 2.05) is 18.2 Å². The summed E-state index contributed by atoms with van der Waals surface area (Å²) in [4.78, 5) is 12.3. The van der Waals surface area contributed by atoms with Crippen molar-refractivity contribution in [1.82, 2.24) is 0 Å². The van der Waals surface area contributed by atoms with E-state index in [0.29, 0.717) is 24.0 Å². The Labute approximate surface area is 172 Å². The second-order valence-corrected chi connectivity index (χ2v) is 14.3. The molecule has 1 aliphatic rings. The number of hydrogen-bond donors (Lipinski definition) is 0. The van der Waals surface area contributed by atoms with E-state index < -0.39 is 8.32 Å². The molecule has 1 aliphatic carbocycles. The molecule has 1 saturated carbocycles. The Morgan fingerprint density at radius 2 is 1.89 bits per heavy atom. The first kappa shape index (κ1) is 22.9. The van der Waals surface area contributed by atoms with Crippen LogP contribution in [0.25, 0.3) is 0 Å². The number of allylic oxidation sites excluding steroid dienone is 1. The minimum absolute atomic E-state index is 0.126. The summed E-state index contributed by atoms with van der Waals surface area (Å²) in [5, 5.41) is 0.183. The van der Waals surface area contributed by atoms with Crippen LogP contribution in [0, 0.1) is 11.8 Å². The summed E-state index contributed by atoms with van der Waals surface area (Å²) in [5.74, 6) is 0.592. The van der Waals surface area contributed by atoms with Gasteiger partial charge < -0.3 is 9.16 Å². The molecule has 3 nitrogen and oxygen atoms in total. The van der Waals surface area contributed by atoms with E-state index in [-0.39, 0.29) is 17.1 Å². The highest BCUT2D eigenvalue weighted by atomic mass is 28.4. The molecule has 1 fully saturated rings. The van der Waals surface area contributed by atoms with E-state index in [9.17, 15) is 4.79 Å². The summed E-state index contributed by atoms with van der Waals surface area (Å²) < 4.78 is 12.4. The molecule has 1 aromatic rings. The predicted molar refractivity (Wildman–Crippen MR) is 119 cm³/mol. The maximum Gasteiger partial charge on any atom is 0.338 e. The van der Waals surface area contributed by atoms with Crippen LogP contribution in [0.4, 0.5) is 0 Å². The Balaban J connectivity index is 2.01. The van der Waals surface area contributed by atoms with Crippen molar-refractivity contribution in [1.29, 1.82) is 0 Å². The average molecular weight is 403 g/mol. The van der Waals surface area contributed by atoms with Gasteiger partial charge in [0.15, 0.2) is 8.32 Å². The molecular weight excluding hydrogens is 364 g/mol. The van der Waals surface area contributed by atoms with E-state index in [4.69, 9.17) is 9.16 Å². The molecule has 3 atom stereocenters. The highest BCUT2D eigenvalue weighted by Crippen LogP contribution is 2.43. The molecule has 0 unspecified atom stereocenters. The summed E-state index contributed by atoms with van der Waals surface area (Å²) in [6, 6.07) is 9.24. The van der Waals surface area contributed by atoms with Crippen LogP contribution >= 0.6 is 0 Å². The van der Waals surface area contributed by atoms with Crippen molar-refractivity contribution < 1.29 is 14.0 Å². The lowest BCUT2D eigenvalue weighted by Crippen LogP contribution is -2.49. The molecule has 0 spiro atoms. The Morgan fingerprint density at radius 3 is 2.43 bits per heavy atom.